The van der Waals surface area contributed by atoms with E-state index < -0.39 is 0 Å². The van der Waals surface area contributed by atoms with Crippen molar-refractivity contribution in [3.8, 4) is 0 Å². The van der Waals surface area contributed by atoms with Gasteiger partial charge in [-0.3, -0.25) is 5.41 Å². The van der Waals surface area contributed by atoms with Crippen molar-refractivity contribution < 1.29 is 0 Å². The lowest BCUT2D eigenvalue weighted by molar-refractivity contribution is 0.897. The van der Waals surface area contributed by atoms with E-state index in [4.69, 9.17) is 11.1 Å². The second-order valence-electron chi connectivity index (χ2n) is 3.27. The SMILES string of the molecule is CC(C)Nc1cc(Br)ncc1C(=N)N. The molecule has 0 amide bonds. The minimum atomic E-state index is 0.0214. The quantitative estimate of drug-likeness (QED) is 0.440. The fraction of sp³-hybridized carbons (Fsp3) is 0.333. The fourth-order valence-electron chi connectivity index (χ4n) is 1.07. The standard InChI is InChI=1S/C9H13BrN4/c1-5(2)14-7-3-8(10)13-4-6(7)9(11)12/h3-5H,1-2H3,(H3,11,12)(H,13,14). The summed E-state index contributed by atoms with van der Waals surface area (Å²) in [6, 6.07) is 2.11. The first-order chi connectivity index (χ1) is 6.50. The summed E-state index contributed by atoms with van der Waals surface area (Å²) < 4.78 is 0.727. The summed E-state index contributed by atoms with van der Waals surface area (Å²) in [7, 11) is 0. The molecule has 1 rings (SSSR count). The molecule has 0 aliphatic rings. The van der Waals surface area contributed by atoms with Crippen molar-refractivity contribution in [2.24, 2.45) is 5.73 Å². The molecule has 1 aromatic rings. The topological polar surface area (TPSA) is 74.8 Å². The Morgan fingerprint density at radius 3 is 2.79 bits per heavy atom. The number of hydrogen-bond donors (Lipinski definition) is 3. The van der Waals surface area contributed by atoms with E-state index >= 15 is 0 Å². The highest BCUT2D eigenvalue weighted by atomic mass is 79.9. The third kappa shape index (κ3) is 2.70. The Hall–Kier alpha value is -1.10. The van der Waals surface area contributed by atoms with E-state index in [-0.39, 0.29) is 5.84 Å². The van der Waals surface area contributed by atoms with E-state index in [9.17, 15) is 0 Å². The first-order valence-corrected chi connectivity index (χ1v) is 5.06. The third-order valence-electron chi connectivity index (χ3n) is 1.60. The fourth-order valence-corrected chi connectivity index (χ4v) is 1.41. The van der Waals surface area contributed by atoms with Gasteiger partial charge in [-0.2, -0.15) is 0 Å². The minimum Gasteiger partial charge on any atom is -0.384 e. The summed E-state index contributed by atoms with van der Waals surface area (Å²) in [6.45, 7) is 4.05. The van der Waals surface area contributed by atoms with Crippen LogP contribution in [0.1, 0.15) is 19.4 Å². The predicted octanol–water partition coefficient (Wildman–Crippen LogP) is 1.95. The van der Waals surface area contributed by atoms with E-state index in [0.717, 1.165) is 10.3 Å². The lowest BCUT2D eigenvalue weighted by atomic mass is 10.2. The van der Waals surface area contributed by atoms with Gasteiger partial charge < -0.3 is 11.1 Å². The second-order valence-corrected chi connectivity index (χ2v) is 4.08. The molecule has 1 aromatic heterocycles. The van der Waals surface area contributed by atoms with Crippen LogP contribution in [0.2, 0.25) is 0 Å². The Morgan fingerprint density at radius 2 is 2.29 bits per heavy atom. The van der Waals surface area contributed by atoms with Gasteiger partial charge in [0.2, 0.25) is 0 Å². The molecular weight excluding hydrogens is 244 g/mol. The summed E-state index contributed by atoms with van der Waals surface area (Å²) in [5.74, 6) is 0.0214. The van der Waals surface area contributed by atoms with Gasteiger partial charge in [-0.25, -0.2) is 4.98 Å². The van der Waals surface area contributed by atoms with Gasteiger partial charge in [0.25, 0.3) is 0 Å². The minimum absolute atomic E-state index is 0.0214. The average Bonchev–Trinajstić information content (AvgIpc) is 2.01. The monoisotopic (exact) mass is 256 g/mol. The molecule has 0 radical (unpaired) electrons. The number of amidine groups is 1. The number of nitrogens with two attached hydrogens (primary N) is 1. The zero-order valence-corrected chi connectivity index (χ0v) is 9.72. The number of pyridine rings is 1. The van der Waals surface area contributed by atoms with E-state index in [1.54, 1.807) is 6.20 Å². The van der Waals surface area contributed by atoms with Crippen molar-refractivity contribution in [1.82, 2.24) is 4.98 Å². The molecule has 1 heterocycles. The van der Waals surface area contributed by atoms with Crippen molar-refractivity contribution in [1.29, 1.82) is 5.41 Å². The molecule has 5 heteroatoms. The number of aromatic nitrogens is 1. The Balaban J connectivity index is 3.09. The number of halogens is 1. The second kappa shape index (κ2) is 4.41. The van der Waals surface area contributed by atoms with Crippen LogP contribution in [0.25, 0.3) is 0 Å². The van der Waals surface area contributed by atoms with Gasteiger partial charge in [-0.1, -0.05) is 0 Å². The summed E-state index contributed by atoms with van der Waals surface area (Å²) in [4.78, 5) is 4.02. The molecule has 0 bridgehead atoms. The first kappa shape index (κ1) is 11.0. The van der Waals surface area contributed by atoms with Gasteiger partial charge >= 0.3 is 0 Å². The van der Waals surface area contributed by atoms with Gasteiger partial charge in [-0.15, -0.1) is 0 Å². The molecule has 0 saturated heterocycles. The first-order valence-electron chi connectivity index (χ1n) is 4.27. The summed E-state index contributed by atoms with van der Waals surface area (Å²) in [5, 5.41) is 10.6. The highest BCUT2D eigenvalue weighted by Crippen LogP contribution is 2.19. The molecule has 0 atom stereocenters. The van der Waals surface area contributed by atoms with Crippen LogP contribution in [0.4, 0.5) is 5.69 Å². The number of rotatable bonds is 3. The van der Waals surface area contributed by atoms with E-state index in [1.165, 1.54) is 0 Å². The molecule has 0 aromatic carbocycles. The van der Waals surface area contributed by atoms with Crippen LogP contribution in [-0.2, 0) is 0 Å². The molecule has 4 nitrogen and oxygen atoms in total. The van der Waals surface area contributed by atoms with E-state index in [0.29, 0.717) is 11.6 Å². The van der Waals surface area contributed by atoms with Gasteiger partial charge in [0, 0.05) is 17.9 Å². The van der Waals surface area contributed by atoms with Gasteiger partial charge in [0.05, 0.1) is 5.56 Å². The predicted molar refractivity (Wildman–Crippen MR) is 61.7 cm³/mol. The Kier molecular flexibility index (Phi) is 3.46. The largest absolute Gasteiger partial charge is 0.384 e. The van der Waals surface area contributed by atoms with Gasteiger partial charge in [-0.05, 0) is 35.8 Å². The third-order valence-corrected chi connectivity index (χ3v) is 2.04. The number of nitrogens with one attached hydrogen (secondary N) is 2. The Morgan fingerprint density at radius 1 is 1.64 bits per heavy atom. The number of nitrogen functional groups attached to an aromatic ring is 1. The molecular formula is C9H13BrN4. The Labute approximate surface area is 91.6 Å². The maximum Gasteiger partial charge on any atom is 0.126 e. The van der Waals surface area contributed by atoms with Crippen LogP contribution >= 0.6 is 15.9 Å². The van der Waals surface area contributed by atoms with Crippen molar-refractivity contribution >= 4 is 27.5 Å². The van der Waals surface area contributed by atoms with Crippen LogP contribution in [0, 0.1) is 5.41 Å². The molecule has 0 spiro atoms. The van der Waals surface area contributed by atoms with E-state index in [2.05, 4.69) is 26.2 Å². The van der Waals surface area contributed by atoms with Crippen molar-refractivity contribution in [3.05, 3.63) is 22.4 Å². The molecule has 0 unspecified atom stereocenters. The molecule has 76 valence electrons. The highest BCUT2D eigenvalue weighted by molar-refractivity contribution is 9.10. The van der Waals surface area contributed by atoms with Crippen LogP contribution in [0.3, 0.4) is 0 Å². The van der Waals surface area contributed by atoms with Crippen molar-refractivity contribution in [2.45, 2.75) is 19.9 Å². The van der Waals surface area contributed by atoms with Crippen LogP contribution in [0.15, 0.2) is 16.9 Å². The maximum absolute atomic E-state index is 7.37. The number of hydrogen-bond acceptors (Lipinski definition) is 3. The highest BCUT2D eigenvalue weighted by Gasteiger charge is 2.07. The summed E-state index contributed by atoms with van der Waals surface area (Å²) in [6.07, 6.45) is 1.58. The maximum atomic E-state index is 7.37. The molecule has 0 saturated carbocycles. The zero-order valence-electron chi connectivity index (χ0n) is 8.13. The lowest BCUT2D eigenvalue weighted by Gasteiger charge is -2.13. The Bertz CT molecular complexity index is 349. The van der Waals surface area contributed by atoms with Crippen LogP contribution < -0.4 is 11.1 Å². The molecule has 14 heavy (non-hydrogen) atoms. The molecule has 4 N–H and O–H groups in total. The smallest absolute Gasteiger partial charge is 0.126 e. The van der Waals surface area contributed by atoms with Gasteiger partial charge in [0.15, 0.2) is 0 Å². The lowest BCUT2D eigenvalue weighted by Crippen LogP contribution is -2.18. The number of anilines is 1. The van der Waals surface area contributed by atoms with Crippen LogP contribution in [-0.4, -0.2) is 16.9 Å². The number of nitrogens with zero attached hydrogens (tertiary/aromatic N) is 1. The average molecular weight is 257 g/mol. The normalized spacial score (nSPS) is 10.3. The summed E-state index contributed by atoms with van der Waals surface area (Å²) >= 11 is 3.27. The summed E-state index contributed by atoms with van der Waals surface area (Å²) in [5.41, 5.74) is 6.88. The van der Waals surface area contributed by atoms with Crippen molar-refractivity contribution in [3.63, 3.8) is 0 Å². The van der Waals surface area contributed by atoms with Crippen LogP contribution in [0.5, 0.6) is 0 Å². The van der Waals surface area contributed by atoms with E-state index in [1.807, 2.05) is 19.9 Å². The molecule has 0 fully saturated rings. The van der Waals surface area contributed by atoms with Gasteiger partial charge in [0.1, 0.15) is 10.4 Å². The van der Waals surface area contributed by atoms with Crippen molar-refractivity contribution in [2.75, 3.05) is 5.32 Å². The molecule has 0 aliphatic heterocycles. The molecule has 0 aliphatic carbocycles. The zero-order chi connectivity index (χ0) is 10.7.